The van der Waals surface area contributed by atoms with Crippen LogP contribution in [-0.2, 0) is 4.84 Å². The Morgan fingerprint density at radius 1 is 1.07 bits per heavy atom. The molecule has 2 aliphatic rings. The average molecular weight is 423 g/mol. The van der Waals surface area contributed by atoms with Crippen molar-refractivity contribution >= 4 is 17.3 Å². The Kier molecular flexibility index (Phi) is 5.50. The van der Waals surface area contributed by atoms with Gasteiger partial charge >= 0.3 is 0 Å². The minimum absolute atomic E-state index is 0.486. The Balaban J connectivity index is 1.26. The van der Waals surface area contributed by atoms with E-state index in [0.29, 0.717) is 12.8 Å². The highest BCUT2D eigenvalue weighted by Crippen LogP contribution is 2.49. The molecule has 0 radical (unpaired) electrons. The minimum Gasteiger partial charge on any atom is -0.353 e. The van der Waals surface area contributed by atoms with Crippen molar-refractivity contribution in [1.29, 1.82) is 0 Å². The second-order valence-corrected chi connectivity index (χ2v) is 9.09. The van der Waals surface area contributed by atoms with Gasteiger partial charge in [-0.2, -0.15) is 0 Å². The minimum atomic E-state index is 0.486. The van der Waals surface area contributed by atoms with Crippen molar-refractivity contribution in [3.63, 3.8) is 0 Å². The summed E-state index contributed by atoms with van der Waals surface area (Å²) in [7, 11) is 0. The van der Waals surface area contributed by atoms with E-state index in [4.69, 9.17) is 16.4 Å². The fourth-order valence-corrected chi connectivity index (χ4v) is 5.20. The molecule has 156 valence electrons. The first kappa shape index (κ1) is 19.6. The van der Waals surface area contributed by atoms with Crippen molar-refractivity contribution in [2.75, 3.05) is 12.2 Å². The summed E-state index contributed by atoms with van der Waals surface area (Å²) < 4.78 is 0. The van der Waals surface area contributed by atoms with Crippen LogP contribution in [0.25, 0.3) is 22.5 Å². The number of hydrogen-bond acceptors (Lipinski definition) is 4. The summed E-state index contributed by atoms with van der Waals surface area (Å²) in [6.45, 7) is 2.86. The second kappa shape index (κ2) is 8.42. The van der Waals surface area contributed by atoms with Crippen LogP contribution in [0.15, 0.2) is 54.9 Å². The molecule has 0 amide bonds. The number of rotatable bonds is 7. The first-order valence-corrected chi connectivity index (χ1v) is 11.1. The molecule has 6 heteroatoms. The van der Waals surface area contributed by atoms with E-state index in [1.165, 1.54) is 19.3 Å². The Morgan fingerprint density at radius 3 is 2.63 bits per heavy atom. The maximum absolute atomic E-state index is 6.04. The third-order valence-electron chi connectivity index (χ3n) is 6.60. The van der Waals surface area contributed by atoms with Crippen LogP contribution in [0, 0.1) is 17.8 Å². The van der Waals surface area contributed by atoms with Crippen LogP contribution in [0.3, 0.4) is 0 Å². The molecule has 0 spiro atoms. The van der Waals surface area contributed by atoms with Gasteiger partial charge in [0.15, 0.2) is 0 Å². The van der Waals surface area contributed by atoms with E-state index in [1.807, 2.05) is 36.4 Å². The molecule has 4 unspecified atom stereocenters. The van der Waals surface area contributed by atoms with Crippen molar-refractivity contribution < 1.29 is 4.84 Å². The number of hydrogen-bond donors (Lipinski definition) is 3. The molecule has 5 rings (SSSR count). The van der Waals surface area contributed by atoms with E-state index >= 15 is 0 Å². The molecule has 2 saturated carbocycles. The van der Waals surface area contributed by atoms with Crippen LogP contribution >= 0.6 is 11.6 Å². The summed E-state index contributed by atoms with van der Waals surface area (Å²) in [6.07, 6.45) is 7.61. The van der Waals surface area contributed by atoms with E-state index in [9.17, 15) is 0 Å². The van der Waals surface area contributed by atoms with E-state index in [1.54, 1.807) is 12.4 Å². The van der Waals surface area contributed by atoms with Gasteiger partial charge < -0.3 is 4.98 Å². The Hall–Kier alpha value is -2.34. The maximum Gasteiger partial charge on any atom is 0.125 e. The van der Waals surface area contributed by atoms with Crippen LogP contribution in [0.4, 0.5) is 5.69 Å². The zero-order chi connectivity index (χ0) is 20.5. The number of aromatic nitrogens is 2. The third-order valence-corrected chi connectivity index (χ3v) is 6.85. The van der Waals surface area contributed by atoms with E-state index in [-0.39, 0.29) is 0 Å². The van der Waals surface area contributed by atoms with Crippen molar-refractivity contribution in [2.45, 2.75) is 32.2 Å². The van der Waals surface area contributed by atoms with Gasteiger partial charge in [0.1, 0.15) is 6.73 Å². The average Bonchev–Trinajstić information content (AvgIpc) is 3.31. The molecule has 2 aliphatic carbocycles. The summed E-state index contributed by atoms with van der Waals surface area (Å²) in [5.41, 5.74) is 8.12. The van der Waals surface area contributed by atoms with Crippen LogP contribution in [0.5, 0.6) is 0 Å². The monoisotopic (exact) mass is 422 g/mol. The number of halogens is 1. The third kappa shape index (κ3) is 3.97. The lowest BCUT2D eigenvalue weighted by Gasteiger charge is -2.41. The number of anilines is 1. The van der Waals surface area contributed by atoms with Crippen molar-refractivity contribution in [3.8, 4) is 22.5 Å². The van der Waals surface area contributed by atoms with Gasteiger partial charge in [-0.1, -0.05) is 30.7 Å². The van der Waals surface area contributed by atoms with E-state index in [2.05, 4.69) is 33.8 Å². The largest absolute Gasteiger partial charge is 0.353 e. The number of H-pyrrole nitrogens is 1. The Bertz CT molecular complexity index is 988. The smallest absolute Gasteiger partial charge is 0.125 e. The van der Waals surface area contributed by atoms with Crippen LogP contribution in [-0.4, -0.2) is 22.7 Å². The number of nitrogens with zero attached hydrogens (tertiary/aromatic N) is 1. The zero-order valence-electron chi connectivity index (χ0n) is 17.1. The lowest BCUT2D eigenvalue weighted by Crippen LogP contribution is -2.48. The second-order valence-electron chi connectivity index (χ2n) is 8.65. The van der Waals surface area contributed by atoms with Crippen LogP contribution in [0.2, 0.25) is 5.02 Å². The number of pyridine rings is 1. The molecule has 3 aromatic rings. The molecule has 2 aromatic heterocycles. The highest BCUT2D eigenvalue weighted by molar-refractivity contribution is 6.30. The standard InChI is InChI=1S/C24H27ClN4O/c1-15-10-18-12-22(20(18)11-15)27-14-30-29-23-13-21(16-2-4-19(25)5-3-16)28-24(23)17-6-8-26-9-7-17/h2-9,13,15,18,20,22,27-29H,10-12,14H2,1H3. The van der Waals surface area contributed by atoms with Gasteiger partial charge in [-0.3, -0.25) is 20.6 Å². The lowest BCUT2D eigenvalue weighted by molar-refractivity contribution is 0.0829. The summed E-state index contributed by atoms with van der Waals surface area (Å²) >= 11 is 6.04. The fraction of sp³-hybridized carbons (Fsp3) is 0.375. The predicted octanol–water partition coefficient (Wildman–Crippen LogP) is 5.72. The summed E-state index contributed by atoms with van der Waals surface area (Å²) in [6, 6.07) is 14.4. The van der Waals surface area contributed by atoms with Crippen LogP contribution in [0.1, 0.15) is 26.2 Å². The highest BCUT2D eigenvalue weighted by atomic mass is 35.5. The molecular formula is C24H27ClN4O. The van der Waals surface area contributed by atoms with Gasteiger partial charge in [0.05, 0.1) is 11.4 Å². The summed E-state index contributed by atoms with van der Waals surface area (Å²) in [5, 5.41) is 4.29. The van der Waals surface area contributed by atoms with Gasteiger partial charge in [-0.05, 0) is 72.9 Å². The molecule has 3 N–H and O–H groups in total. The number of benzene rings is 1. The van der Waals surface area contributed by atoms with Gasteiger partial charge in [-0.25, -0.2) is 0 Å². The molecular weight excluding hydrogens is 396 g/mol. The van der Waals surface area contributed by atoms with E-state index in [0.717, 1.165) is 51.0 Å². The first-order valence-electron chi connectivity index (χ1n) is 10.7. The van der Waals surface area contributed by atoms with Crippen LogP contribution < -0.4 is 10.8 Å². The van der Waals surface area contributed by atoms with Gasteiger partial charge in [0.2, 0.25) is 0 Å². The van der Waals surface area contributed by atoms with Crippen molar-refractivity contribution in [3.05, 3.63) is 59.9 Å². The normalized spacial score (nSPS) is 25.0. The predicted molar refractivity (Wildman–Crippen MR) is 121 cm³/mol. The molecule has 0 bridgehead atoms. The van der Waals surface area contributed by atoms with Gasteiger partial charge in [0, 0.05) is 34.7 Å². The topological polar surface area (TPSA) is 62.0 Å². The summed E-state index contributed by atoms with van der Waals surface area (Å²) in [4.78, 5) is 13.4. The molecule has 0 aliphatic heterocycles. The number of fused-ring (bicyclic) bond motifs is 1. The Morgan fingerprint density at radius 2 is 1.87 bits per heavy atom. The molecule has 30 heavy (non-hydrogen) atoms. The van der Waals surface area contributed by atoms with Gasteiger partial charge in [-0.15, -0.1) is 0 Å². The fourth-order valence-electron chi connectivity index (χ4n) is 5.08. The molecule has 4 atom stereocenters. The molecule has 2 heterocycles. The Labute approximate surface area is 182 Å². The quantitative estimate of drug-likeness (QED) is 0.259. The van der Waals surface area contributed by atoms with Crippen molar-refractivity contribution in [1.82, 2.24) is 15.3 Å². The number of aromatic amines is 1. The van der Waals surface area contributed by atoms with Gasteiger partial charge in [0.25, 0.3) is 0 Å². The first-order chi connectivity index (χ1) is 14.7. The molecule has 1 aromatic carbocycles. The molecule has 0 saturated heterocycles. The maximum atomic E-state index is 6.04. The SMILES string of the molecule is CC1CC2CC(NCONc3cc(-c4ccc(Cl)cc4)[nH]c3-c3ccncc3)C2C1. The summed E-state index contributed by atoms with van der Waals surface area (Å²) in [5.74, 6) is 2.63. The lowest BCUT2D eigenvalue weighted by atomic mass is 9.72. The van der Waals surface area contributed by atoms with E-state index < -0.39 is 0 Å². The molecule has 5 nitrogen and oxygen atoms in total. The zero-order valence-corrected chi connectivity index (χ0v) is 17.8. The number of nitrogens with one attached hydrogen (secondary N) is 3. The molecule has 2 fully saturated rings. The van der Waals surface area contributed by atoms with Crippen molar-refractivity contribution in [2.24, 2.45) is 17.8 Å². The highest BCUT2D eigenvalue weighted by Gasteiger charge is 2.45.